The number of pyridine rings is 1. The number of amides is 1. The zero-order chi connectivity index (χ0) is 18.5. The summed E-state index contributed by atoms with van der Waals surface area (Å²) in [6.45, 7) is 2.48. The molecule has 26 heavy (non-hydrogen) atoms. The summed E-state index contributed by atoms with van der Waals surface area (Å²) in [4.78, 5) is 29.4. The number of rotatable bonds is 5. The first-order valence-corrected chi connectivity index (χ1v) is 8.09. The molecule has 1 aromatic heterocycles. The zero-order valence-corrected chi connectivity index (χ0v) is 14.1. The standard InChI is InChI=1S/C19H16N4O3/c1-2-26-18-16-8-5-7-14(12-24)23(16)19(25)15(10-20)17(18)22-11-13-6-3-4-9-21-13/h3-9,15,22H,2,11H2,1H3. The molecule has 7 nitrogen and oxygen atoms in total. The van der Waals surface area contributed by atoms with Crippen LogP contribution < -0.4 is 5.32 Å². The van der Waals surface area contributed by atoms with E-state index in [-0.39, 0.29) is 5.70 Å². The minimum atomic E-state index is -1.12. The van der Waals surface area contributed by atoms with Crippen molar-refractivity contribution in [3.8, 4) is 6.07 Å². The topological polar surface area (TPSA) is 95.3 Å². The van der Waals surface area contributed by atoms with E-state index >= 15 is 0 Å². The van der Waals surface area contributed by atoms with Gasteiger partial charge in [-0.15, -0.1) is 0 Å². The monoisotopic (exact) mass is 348 g/mol. The molecule has 1 amide bonds. The largest absolute Gasteiger partial charge is 0.490 e. The minimum Gasteiger partial charge on any atom is -0.490 e. The minimum absolute atomic E-state index is 0.0497. The van der Waals surface area contributed by atoms with E-state index in [1.165, 1.54) is 11.0 Å². The van der Waals surface area contributed by atoms with Gasteiger partial charge in [0, 0.05) is 6.20 Å². The maximum atomic E-state index is 12.8. The van der Waals surface area contributed by atoms with Crippen molar-refractivity contribution in [2.24, 2.45) is 5.92 Å². The van der Waals surface area contributed by atoms with E-state index in [0.717, 1.165) is 5.69 Å². The Morgan fingerprint density at radius 3 is 2.92 bits per heavy atom. The van der Waals surface area contributed by atoms with Crippen molar-refractivity contribution < 1.29 is 14.3 Å². The maximum Gasteiger partial charge on any atom is 0.255 e. The molecule has 0 aliphatic carbocycles. The SMILES string of the molecule is CCOC1=C(NCc2ccccn2)C(C#N)C(=O)N2C(=C=O)C=CC=C12. The summed E-state index contributed by atoms with van der Waals surface area (Å²) in [7, 11) is 0. The average molecular weight is 348 g/mol. The predicted molar refractivity (Wildman–Crippen MR) is 92.1 cm³/mol. The molecule has 1 N–H and O–H groups in total. The van der Waals surface area contributed by atoms with E-state index in [1.54, 1.807) is 37.3 Å². The first-order valence-electron chi connectivity index (χ1n) is 8.09. The van der Waals surface area contributed by atoms with E-state index in [1.807, 2.05) is 18.2 Å². The molecule has 3 rings (SSSR count). The number of ether oxygens (including phenoxy) is 1. The molecule has 130 valence electrons. The Labute approximate surface area is 150 Å². The van der Waals surface area contributed by atoms with Gasteiger partial charge in [0.2, 0.25) is 0 Å². The molecular formula is C19H16N4O3. The molecular weight excluding hydrogens is 332 g/mol. The van der Waals surface area contributed by atoms with Crippen LogP contribution in [0.1, 0.15) is 12.6 Å². The van der Waals surface area contributed by atoms with Crippen molar-refractivity contribution in [3.05, 3.63) is 71.2 Å². The number of allylic oxidation sites excluding steroid dienone is 3. The number of hydrogen-bond donors (Lipinski definition) is 1. The third-order valence-electron chi connectivity index (χ3n) is 3.93. The Morgan fingerprint density at radius 2 is 2.27 bits per heavy atom. The molecule has 7 heteroatoms. The van der Waals surface area contributed by atoms with Crippen LogP contribution in [0.5, 0.6) is 0 Å². The number of nitrogens with one attached hydrogen (secondary N) is 1. The molecule has 1 aromatic rings. The van der Waals surface area contributed by atoms with E-state index in [2.05, 4.69) is 10.3 Å². The highest BCUT2D eigenvalue weighted by Crippen LogP contribution is 2.35. The number of nitriles is 1. The van der Waals surface area contributed by atoms with Crippen LogP contribution in [0.15, 0.2) is 65.5 Å². The molecule has 1 atom stereocenters. The van der Waals surface area contributed by atoms with Gasteiger partial charge in [-0.2, -0.15) is 5.26 Å². The van der Waals surface area contributed by atoms with Gasteiger partial charge < -0.3 is 10.1 Å². The van der Waals surface area contributed by atoms with Gasteiger partial charge in [-0.3, -0.25) is 14.7 Å². The summed E-state index contributed by atoms with van der Waals surface area (Å²) in [5, 5.41) is 12.7. The Bertz CT molecular complexity index is 902. The van der Waals surface area contributed by atoms with Crippen LogP contribution in [0, 0.1) is 17.2 Å². The summed E-state index contributed by atoms with van der Waals surface area (Å²) in [6, 6.07) is 7.50. The van der Waals surface area contributed by atoms with Crippen LogP contribution in [0.25, 0.3) is 0 Å². The molecule has 1 unspecified atom stereocenters. The fourth-order valence-corrected chi connectivity index (χ4v) is 2.81. The van der Waals surface area contributed by atoms with Crippen LogP contribution in [0.3, 0.4) is 0 Å². The molecule has 0 fully saturated rings. The molecule has 0 radical (unpaired) electrons. The van der Waals surface area contributed by atoms with Crippen molar-refractivity contribution in [1.82, 2.24) is 15.2 Å². The second-order valence-corrected chi connectivity index (χ2v) is 5.48. The molecule has 0 aromatic carbocycles. The Kier molecular flexibility index (Phi) is 4.97. The van der Waals surface area contributed by atoms with E-state index in [4.69, 9.17) is 4.74 Å². The van der Waals surface area contributed by atoms with Crippen LogP contribution in [-0.4, -0.2) is 28.3 Å². The predicted octanol–water partition coefficient (Wildman–Crippen LogP) is 1.57. The molecule has 0 saturated carbocycles. The van der Waals surface area contributed by atoms with Gasteiger partial charge in [0.25, 0.3) is 5.91 Å². The number of aromatic nitrogens is 1. The van der Waals surface area contributed by atoms with Gasteiger partial charge in [0.1, 0.15) is 5.70 Å². The number of carbonyl (C=O) groups is 1. The fraction of sp³-hybridized carbons (Fsp3) is 0.211. The summed E-state index contributed by atoms with van der Waals surface area (Å²) in [6.07, 6.45) is 6.44. The van der Waals surface area contributed by atoms with Gasteiger partial charge in [-0.05, 0) is 31.2 Å². The average Bonchev–Trinajstić information content (AvgIpc) is 2.69. The molecule has 2 aliphatic rings. The second kappa shape index (κ2) is 7.51. The first kappa shape index (κ1) is 17.2. The summed E-state index contributed by atoms with van der Waals surface area (Å²) >= 11 is 0. The van der Waals surface area contributed by atoms with E-state index in [0.29, 0.717) is 30.3 Å². The Morgan fingerprint density at radius 1 is 1.42 bits per heavy atom. The van der Waals surface area contributed by atoms with Crippen molar-refractivity contribution in [2.45, 2.75) is 13.5 Å². The van der Waals surface area contributed by atoms with Crippen molar-refractivity contribution in [2.75, 3.05) is 6.61 Å². The Hall–Kier alpha value is -3.62. The highest BCUT2D eigenvalue weighted by atomic mass is 16.5. The van der Waals surface area contributed by atoms with Crippen LogP contribution in [0.4, 0.5) is 0 Å². The van der Waals surface area contributed by atoms with Crippen LogP contribution >= 0.6 is 0 Å². The highest BCUT2D eigenvalue weighted by Gasteiger charge is 2.42. The Balaban J connectivity index is 2.05. The maximum absolute atomic E-state index is 12.8. The summed E-state index contributed by atoms with van der Waals surface area (Å²) in [5.74, 6) is 0.469. The molecule has 3 heterocycles. The lowest BCUT2D eigenvalue weighted by molar-refractivity contribution is -0.130. The summed E-state index contributed by atoms with van der Waals surface area (Å²) in [5.41, 5.74) is 1.59. The number of carbonyl (C=O) groups excluding carboxylic acids is 2. The number of nitrogens with zero attached hydrogens (tertiary/aromatic N) is 3. The lowest BCUT2D eigenvalue weighted by atomic mass is 9.95. The van der Waals surface area contributed by atoms with Crippen molar-refractivity contribution in [1.29, 1.82) is 5.26 Å². The normalized spacial score (nSPS) is 18.7. The van der Waals surface area contributed by atoms with Crippen LogP contribution in [0.2, 0.25) is 0 Å². The fourth-order valence-electron chi connectivity index (χ4n) is 2.81. The van der Waals surface area contributed by atoms with E-state index < -0.39 is 11.8 Å². The zero-order valence-electron chi connectivity index (χ0n) is 14.1. The molecule has 0 saturated heterocycles. The lowest BCUT2D eigenvalue weighted by Gasteiger charge is -2.35. The molecule has 0 spiro atoms. The molecule has 0 bridgehead atoms. The van der Waals surface area contributed by atoms with Gasteiger partial charge in [0.15, 0.2) is 17.6 Å². The first-order chi connectivity index (χ1) is 12.7. The summed E-state index contributed by atoms with van der Waals surface area (Å²) < 4.78 is 5.73. The van der Waals surface area contributed by atoms with Gasteiger partial charge in [0.05, 0.1) is 36.3 Å². The van der Waals surface area contributed by atoms with E-state index in [9.17, 15) is 14.9 Å². The van der Waals surface area contributed by atoms with Gasteiger partial charge in [-0.25, -0.2) is 4.79 Å². The van der Waals surface area contributed by atoms with Crippen molar-refractivity contribution in [3.63, 3.8) is 0 Å². The quantitative estimate of drug-likeness (QED) is 0.812. The third kappa shape index (κ3) is 3.02. The number of fused-ring (bicyclic) bond motifs is 1. The second-order valence-electron chi connectivity index (χ2n) is 5.48. The van der Waals surface area contributed by atoms with Gasteiger partial charge >= 0.3 is 0 Å². The highest BCUT2D eigenvalue weighted by molar-refractivity contribution is 5.92. The lowest BCUT2D eigenvalue weighted by Crippen LogP contribution is -2.44. The smallest absolute Gasteiger partial charge is 0.255 e. The third-order valence-corrected chi connectivity index (χ3v) is 3.93. The van der Waals surface area contributed by atoms with Crippen LogP contribution in [-0.2, 0) is 20.9 Å². The van der Waals surface area contributed by atoms with Crippen molar-refractivity contribution >= 4 is 11.8 Å². The number of hydrogen-bond acceptors (Lipinski definition) is 6. The van der Waals surface area contributed by atoms with Gasteiger partial charge in [-0.1, -0.05) is 12.1 Å². The molecule has 2 aliphatic heterocycles.